The zero-order valence-corrected chi connectivity index (χ0v) is 9.73. The molecule has 80 valence electrons. The summed E-state index contributed by atoms with van der Waals surface area (Å²) < 4.78 is 1.99. The molecule has 0 fully saturated rings. The number of hydrogen-bond donors (Lipinski definition) is 0. The van der Waals surface area contributed by atoms with E-state index in [2.05, 4.69) is 43.9 Å². The SMILES string of the molecule is CC(C)c1cn2ccnc2nc1C(C)C. The molecule has 0 aromatic carbocycles. The van der Waals surface area contributed by atoms with Gasteiger partial charge in [0, 0.05) is 18.6 Å². The lowest BCUT2D eigenvalue weighted by atomic mass is 9.97. The third-order valence-corrected chi connectivity index (χ3v) is 2.61. The number of aromatic nitrogens is 3. The van der Waals surface area contributed by atoms with Crippen molar-refractivity contribution < 1.29 is 0 Å². The van der Waals surface area contributed by atoms with Crippen molar-refractivity contribution in [2.24, 2.45) is 0 Å². The summed E-state index contributed by atoms with van der Waals surface area (Å²) in [5, 5.41) is 0. The van der Waals surface area contributed by atoms with E-state index in [1.54, 1.807) is 6.20 Å². The highest BCUT2D eigenvalue weighted by molar-refractivity contribution is 5.35. The van der Waals surface area contributed by atoms with Gasteiger partial charge in [-0.2, -0.15) is 0 Å². The molecule has 0 bridgehead atoms. The molecule has 2 heterocycles. The van der Waals surface area contributed by atoms with Crippen LogP contribution in [0.3, 0.4) is 0 Å². The van der Waals surface area contributed by atoms with Gasteiger partial charge in [0.15, 0.2) is 0 Å². The lowest BCUT2D eigenvalue weighted by molar-refractivity contribution is 0.747. The Balaban J connectivity index is 2.68. The van der Waals surface area contributed by atoms with Gasteiger partial charge in [0.1, 0.15) is 0 Å². The molecule has 0 N–H and O–H groups in total. The fourth-order valence-corrected chi connectivity index (χ4v) is 1.79. The van der Waals surface area contributed by atoms with Gasteiger partial charge in [0.25, 0.3) is 0 Å². The molecule has 2 aromatic rings. The maximum Gasteiger partial charge on any atom is 0.233 e. The van der Waals surface area contributed by atoms with E-state index in [1.807, 2.05) is 10.6 Å². The molecule has 3 heteroatoms. The van der Waals surface area contributed by atoms with E-state index in [-0.39, 0.29) is 0 Å². The first kappa shape index (κ1) is 10.1. The van der Waals surface area contributed by atoms with Crippen molar-refractivity contribution in [3.05, 3.63) is 29.8 Å². The van der Waals surface area contributed by atoms with Crippen LogP contribution in [-0.4, -0.2) is 14.4 Å². The lowest BCUT2D eigenvalue weighted by Crippen LogP contribution is -2.05. The summed E-state index contributed by atoms with van der Waals surface area (Å²) in [6.45, 7) is 8.75. The Kier molecular flexibility index (Phi) is 2.47. The normalized spacial score (nSPS) is 11.9. The second-order valence-electron chi connectivity index (χ2n) is 4.53. The molecule has 0 atom stereocenters. The minimum absolute atomic E-state index is 0.448. The third kappa shape index (κ3) is 1.74. The minimum Gasteiger partial charge on any atom is -0.291 e. The van der Waals surface area contributed by atoms with Crippen LogP contribution in [0.15, 0.2) is 18.6 Å². The largest absolute Gasteiger partial charge is 0.291 e. The number of imidazole rings is 1. The van der Waals surface area contributed by atoms with Gasteiger partial charge in [0.2, 0.25) is 5.78 Å². The summed E-state index contributed by atoms with van der Waals surface area (Å²) >= 11 is 0. The van der Waals surface area contributed by atoms with Gasteiger partial charge in [-0.15, -0.1) is 0 Å². The van der Waals surface area contributed by atoms with Crippen LogP contribution >= 0.6 is 0 Å². The van der Waals surface area contributed by atoms with Crippen LogP contribution in [0.25, 0.3) is 5.78 Å². The number of hydrogen-bond acceptors (Lipinski definition) is 2. The van der Waals surface area contributed by atoms with Crippen molar-refractivity contribution in [2.45, 2.75) is 39.5 Å². The van der Waals surface area contributed by atoms with Crippen molar-refractivity contribution in [2.75, 3.05) is 0 Å². The second-order valence-corrected chi connectivity index (χ2v) is 4.53. The van der Waals surface area contributed by atoms with Crippen LogP contribution in [-0.2, 0) is 0 Å². The second kappa shape index (κ2) is 3.65. The third-order valence-electron chi connectivity index (χ3n) is 2.61. The molecule has 0 saturated heterocycles. The Bertz CT molecular complexity index is 427. The predicted molar refractivity (Wildman–Crippen MR) is 61.2 cm³/mol. The molecular weight excluding hydrogens is 186 g/mol. The van der Waals surface area contributed by atoms with E-state index in [1.165, 1.54) is 11.3 Å². The smallest absolute Gasteiger partial charge is 0.233 e. The van der Waals surface area contributed by atoms with Crippen molar-refractivity contribution in [3.63, 3.8) is 0 Å². The van der Waals surface area contributed by atoms with E-state index in [4.69, 9.17) is 0 Å². The van der Waals surface area contributed by atoms with Gasteiger partial charge in [0.05, 0.1) is 5.69 Å². The standard InChI is InChI=1S/C12H17N3/c1-8(2)10-7-15-6-5-13-12(15)14-11(10)9(3)4/h5-9H,1-4H3. The van der Waals surface area contributed by atoms with Gasteiger partial charge >= 0.3 is 0 Å². The van der Waals surface area contributed by atoms with Crippen molar-refractivity contribution in [3.8, 4) is 0 Å². The first-order chi connectivity index (χ1) is 7.09. The summed E-state index contributed by atoms with van der Waals surface area (Å²) in [6.07, 6.45) is 5.88. The Morgan fingerprint density at radius 1 is 1.13 bits per heavy atom. The monoisotopic (exact) mass is 203 g/mol. The van der Waals surface area contributed by atoms with Gasteiger partial charge < -0.3 is 0 Å². The molecule has 0 aliphatic rings. The average Bonchev–Trinajstić information content (AvgIpc) is 2.61. The van der Waals surface area contributed by atoms with E-state index in [9.17, 15) is 0 Å². The Labute approximate surface area is 90.2 Å². The Morgan fingerprint density at radius 3 is 2.47 bits per heavy atom. The molecule has 0 radical (unpaired) electrons. The molecule has 0 aliphatic carbocycles. The first-order valence-corrected chi connectivity index (χ1v) is 5.43. The Morgan fingerprint density at radius 2 is 1.87 bits per heavy atom. The number of rotatable bonds is 2. The minimum atomic E-state index is 0.448. The van der Waals surface area contributed by atoms with E-state index < -0.39 is 0 Å². The van der Waals surface area contributed by atoms with Crippen LogP contribution < -0.4 is 0 Å². The van der Waals surface area contributed by atoms with Gasteiger partial charge in [-0.05, 0) is 17.4 Å². The highest BCUT2D eigenvalue weighted by Gasteiger charge is 2.13. The fourth-order valence-electron chi connectivity index (χ4n) is 1.79. The van der Waals surface area contributed by atoms with E-state index in [0.29, 0.717) is 11.8 Å². The maximum atomic E-state index is 4.61. The van der Waals surface area contributed by atoms with E-state index >= 15 is 0 Å². The zero-order valence-electron chi connectivity index (χ0n) is 9.73. The molecule has 0 aliphatic heterocycles. The lowest BCUT2D eigenvalue weighted by Gasteiger charge is -2.14. The van der Waals surface area contributed by atoms with Gasteiger partial charge in [-0.1, -0.05) is 27.7 Å². The summed E-state index contributed by atoms with van der Waals surface area (Å²) in [7, 11) is 0. The molecule has 3 nitrogen and oxygen atoms in total. The van der Waals surface area contributed by atoms with Crippen LogP contribution in [0.2, 0.25) is 0 Å². The molecule has 0 unspecified atom stereocenters. The summed E-state index contributed by atoms with van der Waals surface area (Å²) in [4.78, 5) is 8.82. The summed E-state index contributed by atoms with van der Waals surface area (Å²) in [6, 6.07) is 0. The van der Waals surface area contributed by atoms with E-state index in [0.717, 1.165) is 5.78 Å². The van der Waals surface area contributed by atoms with Gasteiger partial charge in [-0.3, -0.25) is 4.40 Å². The number of fused-ring (bicyclic) bond motifs is 1. The molecule has 0 spiro atoms. The van der Waals surface area contributed by atoms with Crippen LogP contribution in [0.4, 0.5) is 0 Å². The molecule has 15 heavy (non-hydrogen) atoms. The summed E-state index contributed by atoms with van der Waals surface area (Å²) in [5.41, 5.74) is 2.49. The topological polar surface area (TPSA) is 30.2 Å². The molecule has 0 amide bonds. The first-order valence-electron chi connectivity index (χ1n) is 5.43. The average molecular weight is 203 g/mol. The maximum absolute atomic E-state index is 4.61. The predicted octanol–water partition coefficient (Wildman–Crippen LogP) is 2.98. The number of nitrogens with zero attached hydrogens (tertiary/aromatic N) is 3. The van der Waals surface area contributed by atoms with Gasteiger partial charge in [-0.25, -0.2) is 9.97 Å². The molecular formula is C12H17N3. The highest BCUT2D eigenvalue weighted by Crippen LogP contribution is 2.24. The van der Waals surface area contributed by atoms with Crippen molar-refractivity contribution in [1.82, 2.24) is 14.4 Å². The molecule has 2 rings (SSSR count). The van der Waals surface area contributed by atoms with Crippen molar-refractivity contribution >= 4 is 5.78 Å². The quantitative estimate of drug-likeness (QED) is 0.751. The highest BCUT2D eigenvalue weighted by atomic mass is 15.1. The molecule has 2 aromatic heterocycles. The van der Waals surface area contributed by atoms with Crippen molar-refractivity contribution in [1.29, 1.82) is 0 Å². The summed E-state index contributed by atoms with van der Waals surface area (Å²) in [5.74, 6) is 1.74. The molecule has 0 saturated carbocycles. The van der Waals surface area contributed by atoms with Crippen LogP contribution in [0.5, 0.6) is 0 Å². The Hall–Kier alpha value is -1.38. The fraction of sp³-hybridized carbons (Fsp3) is 0.500. The zero-order chi connectivity index (χ0) is 11.0. The van der Waals surface area contributed by atoms with Crippen LogP contribution in [0.1, 0.15) is 50.8 Å². The van der Waals surface area contributed by atoms with Crippen LogP contribution in [0, 0.1) is 0 Å².